The molecule has 0 bridgehead atoms. The van der Waals surface area contributed by atoms with Gasteiger partial charge in [-0.05, 0) is 55.7 Å². The third-order valence-electron chi connectivity index (χ3n) is 5.66. The summed E-state index contributed by atoms with van der Waals surface area (Å²) in [4.78, 5) is 33.3. The van der Waals surface area contributed by atoms with Gasteiger partial charge in [-0.1, -0.05) is 42.4 Å². The number of sulfonamides is 1. The molecule has 1 aliphatic heterocycles. The molecule has 1 aliphatic rings. The quantitative estimate of drug-likeness (QED) is 0.326. The van der Waals surface area contributed by atoms with E-state index in [1.807, 2.05) is 37.3 Å². The maximum Gasteiger partial charge on any atom is 0.316 e. The highest BCUT2D eigenvalue weighted by Crippen LogP contribution is 2.23. The number of hydrogen-bond donors (Lipinski definition) is 2. The number of amides is 1. The van der Waals surface area contributed by atoms with Gasteiger partial charge in [0.2, 0.25) is 0 Å². The predicted octanol–water partition coefficient (Wildman–Crippen LogP) is 4.07. The summed E-state index contributed by atoms with van der Waals surface area (Å²) in [5.74, 6) is -0.682. The first-order valence-electron chi connectivity index (χ1n) is 11.9. The zero-order chi connectivity index (χ0) is 26.3. The van der Waals surface area contributed by atoms with Crippen LogP contribution in [-0.2, 0) is 24.3 Å². The van der Waals surface area contributed by atoms with Gasteiger partial charge < -0.3 is 10.1 Å². The first kappa shape index (κ1) is 26.6. The molecule has 0 saturated heterocycles. The highest BCUT2D eigenvalue weighted by molar-refractivity contribution is 7.99. The number of carbonyl (C=O) groups is 2. The largest absolute Gasteiger partial charge is 0.455 e. The summed E-state index contributed by atoms with van der Waals surface area (Å²) in [6.45, 7) is 2.09. The van der Waals surface area contributed by atoms with Crippen molar-refractivity contribution in [1.82, 2.24) is 9.71 Å². The van der Waals surface area contributed by atoms with E-state index in [1.54, 1.807) is 6.07 Å². The number of nitrogens with zero attached hydrogens (tertiary/aromatic N) is 2. The number of aryl methyl sites for hydroxylation is 1. The Kier molecular flexibility index (Phi) is 8.78. The van der Waals surface area contributed by atoms with E-state index in [0.717, 1.165) is 35.7 Å². The van der Waals surface area contributed by atoms with Crippen LogP contribution >= 0.6 is 11.8 Å². The molecule has 194 valence electrons. The lowest BCUT2D eigenvalue weighted by Crippen LogP contribution is -2.30. The van der Waals surface area contributed by atoms with Gasteiger partial charge >= 0.3 is 5.97 Å². The molecule has 0 fully saturated rings. The first-order valence-corrected chi connectivity index (χ1v) is 14.4. The molecule has 11 heteroatoms. The minimum atomic E-state index is -3.84. The van der Waals surface area contributed by atoms with Crippen molar-refractivity contribution in [2.45, 2.75) is 42.5 Å². The second-order valence-corrected chi connectivity index (χ2v) is 11.2. The highest BCUT2D eigenvalue weighted by Gasteiger charge is 2.18. The lowest BCUT2D eigenvalue weighted by atomic mass is 10.1. The van der Waals surface area contributed by atoms with E-state index in [9.17, 15) is 18.0 Å². The Morgan fingerprint density at radius 3 is 2.76 bits per heavy atom. The maximum atomic E-state index is 12.8. The highest BCUT2D eigenvalue weighted by atomic mass is 32.2. The Morgan fingerprint density at radius 1 is 1.05 bits per heavy atom. The summed E-state index contributed by atoms with van der Waals surface area (Å²) in [6, 6.07) is 15.6. The van der Waals surface area contributed by atoms with Gasteiger partial charge in [-0.2, -0.15) is 0 Å². The average Bonchev–Trinajstić information content (AvgIpc) is 3.14. The van der Waals surface area contributed by atoms with Crippen LogP contribution in [0.25, 0.3) is 10.9 Å². The molecule has 3 aromatic rings. The van der Waals surface area contributed by atoms with Gasteiger partial charge in [-0.3, -0.25) is 19.3 Å². The number of ether oxygens (including phenoxy) is 1. The number of benzene rings is 2. The van der Waals surface area contributed by atoms with E-state index in [0.29, 0.717) is 23.8 Å². The van der Waals surface area contributed by atoms with Crippen molar-refractivity contribution >= 4 is 56.1 Å². The van der Waals surface area contributed by atoms with Gasteiger partial charge in [0.05, 0.1) is 21.2 Å². The number of thioether (sulfide) groups is 1. The fraction of sp³-hybridized carbons (Fsp3) is 0.308. The summed E-state index contributed by atoms with van der Waals surface area (Å²) < 4.78 is 33.2. The molecular weight excluding hydrogens is 512 g/mol. The summed E-state index contributed by atoms with van der Waals surface area (Å²) in [5, 5.41) is 4.31. The second kappa shape index (κ2) is 12.2. The number of aliphatic imine (C=N–C) groups is 1. The molecule has 1 amide bonds. The van der Waals surface area contributed by atoms with Crippen molar-refractivity contribution in [1.29, 1.82) is 0 Å². The number of amidine groups is 1. The van der Waals surface area contributed by atoms with Crippen LogP contribution in [0, 0.1) is 6.92 Å². The van der Waals surface area contributed by atoms with Crippen LogP contribution < -0.4 is 10.0 Å². The van der Waals surface area contributed by atoms with Gasteiger partial charge in [0.15, 0.2) is 6.61 Å². The summed E-state index contributed by atoms with van der Waals surface area (Å²) in [5.41, 5.74) is 2.18. The zero-order valence-electron chi connectivity index (χ0n) is 20.4. The Bertz CT molecular complexity index is 1440. The van der Waals surface area contributed by atoms with Crippen LogP contribution in [0.1, 0.15) is 31.2 Å². The lowest BCUT2D eigenvalue weighted by molar-refractivity contribution is -0.144. The van der Waals surface area contributed by atoms with Crippen molar-refractivity contribution in [3.63, 3.8) is 0 Å². The molecule has 37 heavy (non-hydrogen) atoms. The van der Waals surface area contributed by atoms with E-state index >= 15 is 0 Å². The molecule has 2 N–H and O–H groups in total. The third-order valence-corrected chi connectivity index (χ3v) is 7.92. The average molecular weight is 541 g/mol. The topological polar surface area (TPSA) is 127 Å². The summed E-state index contributed by atoms with van der Waals surface area (Å²) in [6.07, 6.45) is 3.42. The SMILES string of the molecule is Cc1cc(SCC(=O)OCC(=O)Nc2cccc(S(=O)(=O)NC3=NCCCCC3)c2)nc2ccccc12. The molecule has 0 radical (unpaired) electrons. The van der Waals surface area contributed by atoms with Gasteiger partial charge in [0, 0.05) is 24.0 Å². The smallest absolute Gasteiger partial charge is 0.316 e. The van der Waals surface area contributed by atoms with Crippen molar-refractivity contribution in [2.75, 3.05) is 24.2 Å². The Labute approximate surface area is 220 Å². The molecule has 0 atom stereocenters. The molecule has 0 unspecified atom stereocenters. The van der Waals surface area contributed by atoms with Crippen LogP contribution in [0.2, 0.25) is 0 Å². The monoisotopic (exact) mass is 540 g/mol. The molecule has 2 aromatic carbocycles. The van der Waals surface area contributed by atoms with E-state index < -0.39 is 28.5 Å². The number of carbonyl (C=O) groups excluding carboxylic acids is 2. The third kappa shape index (κ3) is 7.53. The van der Waals surface area contributed by atoms with E-state index in [-0.39, 0.29) is 16.3 Å². The van der Waals surface area contributed by atoms with Crippen molar-refractivity contribution in [3.8, 4) is 0 Å². The fourth-order valence-electron chi connectivity index (χ4n) is 3.82. The first-order chi connectivity index (χ1) is 17.8. The molecule has 4 rings (SSSR count). The van der Waals surface area contributed by atoms with Crippen molar-refractivity contribution in [2.24, 2.45) is 4.99 Å². The molecule has 0 aliphatic carbocycles. The van der Waals surface area contributed by atoms with Crippen LogP contribution in [0.3, 0.4) is 0 Å². The Hall–Kier alpha value is -3.44. The minimum absolute atomic E-state index is 0.00133. The number of para-hydroxylation sites is 1. The standard InChI is InChI=1S/C26H28N4O5S2/c1-18-14-25(29-22-11-5-4-10-21(18)22)36-17-26(32)35-16-24(31)28-19-8-7-9-20(15-19)37(33,34)30-23-12-3-2-6-13-27-23/h4-5,7-11,14-15H,2-3,6,12-13,16-17H2,1H3,(H,27,30)(H,28,31). The van der Waals surface area contributed by atoms with Gasteiger partial charge in [0.1, 0.15) is 5.84 Å². The predicted molar refractivity (Wildman–Crippen MR) is 144 cm³/mol. The number of nitrogens with one attached hydrogen (secondary N) is 2. The maximum absolute atomic E-state index is 12.8. The summed E-state index contributed by atoms with van der Waals surface area (Å²) in [7, 11) is -3.84. The van der Waals surface area contributed by atoms with Gasteiger partial charge in [-0.25, -0.2) is 13.4 Å². The number of fused-ring (bicyclic) bond motifs is 1. The van der Waals surface area contributed by atoms with Crippen LogP contribution in [0.4, 0.5) is 5.69 Å². The second-order valence-electron chi connectivity index (χ2n) is 8.56. The van der Waals surface area contributed by atoms with Crippen molar-refractivity contribution in [3.05, 3.63) is 60.2 Å². The molecule has 0 spiro atoms. The normalized spacial score (nSPS) is 13.9. The van der Waals surface area contributed by atoms with E-state index in [4.69, 9.17) is 4.74 Å². The molecule has 1 aromatic heterocycles. The summed E-state index contributed by atoms with van der Waals surface area (Å²) >= 11 is 1.23. The number of hydrogen-bond acceptors (Lipinski definition) is 8. The number of aromatic nitrogens is 1. The molecule has 9 nitrogen and oxygen atoms in total. The van der Waals surface area contributed by atoms with Gasteiger partial charge in [-0.15, -0.1) is 0 Å². The minimum Gasteiger partial charge on any atom is -0.455 e. The molecule has 2 heterocycles. The number of pyridine rings is 1. The van der Waals surface area contributed by atoms with Gasteiger partial charge in [0.25, 0.3) is 15.9 Å². The van der Waals surface area contributed by atoms with Crippen LogP contribution in [-0.4, -0.2) is 50.0 Å². The van der Waals surface area contributed by atoms with E-state index in [2.05, 4.69) is 20.0 Å². The number of esters is 1. The van der Waals surface area contributed by atoms with Crippen LogP contribution in [0.5, 0.6) is 0 Å². The Balaban J connectivity index is 1.28. The van der Waals surface area contributed by atoms with Crippen molar-refractivity contribution < 1.29 is 22.7 Å². The Morgan fingerprint density at radius 2 is 1.89 bits per heavy atom. The zero-order valence-corrected chi connectivity index (χ0v) is 22.0. The fourth-order valence-corrected chi connectivity index (χ4v) is 5.73. The molecular formula is C26H28N4O5S2. The molecule has 0 saturated carbocycles. The number of rotatable bonds is 8. The van der Waals surface area contributed by atoms with E-state index in [1.165, 1.54) is 30.0 Å². The lowest BCUT2D eigenvalue weighted by Gasteiger charge is -2.11. The number of anilines is 1. The van der Waals surface area contributed by atoms with Crippen LogP contribution in [0.15, 0.2) is 69.5 Å².